The molecule has 19 heavy (non-hydrogen) atoms. The Morgan fingerprint density at radius 1 is 1.58 bits per heavy atom. The Bertz CT molecular complexity index is 584. The van der Waals surface area contributed by atoms with Gasteiger partial charge in [0.1, 0.15) is 5.01 Å². The van der Waals surface area contributed by atoms with E-state index in [1.165, 1.54) is 0 Å². The largest absolute Gasteiger partial charge is 0.383 e. The van der Waals surface area contributed by atoms with Crippen molar-refractivity contribution in [2.24, 2.45) is 10.7 Å². The quantitative estimate of drug-likeness (QED) is 0.503. The van der Waals surface area contributed by atoms with Gasteiger partial charge in [0.2, 0.25) is 0 Å². The molecule has 0 fully saturated rings. The number of hydrogen-bond donors (Lipinski definition) is 2. The fourth-order valence-electron chi connectivity index (χ4n) is 1.51. The summed E-state index contributed by atoms with van der Waals surface area (Å²) in [5, 5.41) is 4.55. The Balaban J connectivity index is 1.99. The molecule has 0 bridgehead atoms. The van der Waals surface area contributed by atoms with E-state index >= 15 is 0 Å². The zero-order valence-electron chi connectivity index (χ0n) is 10.5. The molecule has 5 nitrogen and oxygen atoms in total. The van der Waals surface area contributed by atoms with Gasteiger partial charge in [0.15, 0.2) is 5.96 Å². The standard InChI is InChI=1S/C12H15ClN4OS/c1-18-5-4-15-12(14)16-7-11-17-9-6-8(13)2-3-10(9)19-11/h2-3,6H,4-5,7H2,1H3,(H3,14,15,16). The molecule has 0 unspecified atom stereocenters. The van der Waals surface area contributed by atoms with Crippen molar-refractivity contribution in [1.82, 2.24) is 10.3 Å². The van der Waals surface area contributed by atoms with E-state index in [2.05, 4.69) is 15.3 Å². The van der Waals surface area contributed by atoms with Crippen LogP contribution in [0, 0.1) is 0 Å². The van der Waals surface area contributed by atoms with E-state index in [0.717, 1.165) is 15.2 Å². The number of nitrogens with two attached hydrogens (primary N) is 1. The number of thiazole rings is 1. The van der Waals surface area contributed by atoms with Crippen LogP contribution in [0.2, 0.25) is 5.02 Å². The van der Waals surface area contributed by atoms with Crippen molar-refractivity contribution in [1.29, 1.82) is 0 Å². The number of nitrogens with zero attached hydrogens (tertiary/aromatic N) is 2. The number of fused-ring (bicyclic) bond motifs is 1. The minimum Gasteiger partial charge on any atom is -0.383 e. The summed E-state index contributed by atoms with van der Waals surface area (Å²) in [6.07, 6.45) is 0. The van der Waals surface area contributed by atoms with Crippen LogP contribution in [0.4, 0.5) is 0 Å². The van der Waals surface area contributed by atoms with Crippen molar-refractivity contribution in [3.05, 3.63) is 28.2 Å². The number of halogens is 1. The maximum atomic E-state index is 5.92. The van der Waals surface area contributed by atoms with E-state index in [4.69, 9.17) is 22.1 Å². The fourth-order valence-corrected chi connectivity index (χ4v) is 2.54. The van der Waals surface area contributed by atoms with E-state index < -0.39 is 0 Å². The number of nitrogens with one attached hydrogen (secondary N) is 1. The van der Waals surface area contributed by atoms with Crippen LogP contribution in [0.1, 0.15) is 5.01 Å². The fraction of sp³-hybridized carbons (Fsp3) is 0.333. The number of hydrogen-bond acceptors (Lipinski definition) is 4. The summed E-state index contributed by atoms with van der Waals surface area (Å²) in [4.78, 5) is 8.69. The summed E-state index contributed by atoms with van der Waals surface area (Å²) in [6.45, 7) is 1.69. The second-order valence-electron chi connectivity index (χ2n) is 3.84. The highest BCUT2D eigenvalue weighted by atomic mass is 35.5. The molecule has 1 heterocycles. The third-order valence-electron chi connectivity index (χ3n) is 2.39. The molecule has 0 spiro atoms. The van der Waals surface area contributed by atoms with Gasteiger partial charge in [-0.25, -0.2) is 9.98 Å². The summed E-state index contributed by atoms with van der Waals surface area (Å²) in [5.74, 6) is 0.398. The molecule has 1 aromatic heterocycles. The highest BCUT2D eigenvalue weighted by Gasteiger charge is 2.03. The van der Waals surface area contributed by atoms with Crippen molar-refractivity contribution in [3.63, 3.8) is 0 Å². The molecule has 0 saturated heterocycles. The molecule has 3 N–H and O–H groups in total. The zero-order chi connectivity index (χ0) is 13.7. The molecule has 0 saturated carbocycles. The molecule has 102 valence electrons. The number of ether oxygens (including phenoxy) is 1. The number of aromatic nitrogens is 1. The van der Waals surface area contributed by atoms with Gasteiger partial charge in [-0.2, -0.15) is 0 Å². The lowest BCUT2D eigenvalue weighted by Gasteiger charge is -2.03. The van der Waals surface area contributed by atoms with E-state index in [1.807, 2.05) is 18.2 Å². The zero-order valence-corrected chi connectivity index (χ0v) is 12.1. The van der Waals surface area contributed by atoms with Gasteiger partial charge in [-0.1, -0.05) is 11.6 Å². The van der Waals surface area contributed by atoms with Crippen molar-refractivity contribution >= 4 is 39.1 Å². The topological polar surface area (TPSA) is 72.5 Å². The lowest BCUT2D eigenvalue weighted by atomic mass is 10.3. The molecule has 0 aliphatic carbocycles. The van der Waals surface area contributed by atoms with Crippen LogP contribution < -0.4 is 11.1 Å². The van der Waals surface area contributed by atoms with Gasteiger partial charge in [-0.05, 0) is 18.2 Å². The Morgan fingerprint density at radius 2 is 2.42 bits per heavy atom. The van der Waals surface area contributed by atoms with E-state index in [0.29, 0.717) is 30.7 Å². The number of benzene rings is 1. The Kier molecular flexibility index (Phi) is 4.95. The second kappa shape index (κ2) is 6.70. The number of rotatable bonds is 5. The average molecular weight is 299 g/mol. The Hall–Kier alpha value is -1.37. The molecule has 2 rings (SSSR count). The van der Waals surface area contributed by atoms with Gasteiger partial charge in [0, 0.05) is 18.7 Å². The minimum atomic E-state index is 0.398. The molecular formula is C12H15ClN4OS. The Labute approximate surface area is 120 Å². The summed E-state index contributed by atoms with van der Waals surface area (Å²) in [7, 11) is 1.64. The summed E-state index contributed by atoms with van der Waals surface area (Å²) >= 11 is 7.51. The van der Waals surface area contributed by atoms with Crippen molar-refractivity contribution in [2.75, 3.05) is 20.3 Å². The van der Waals surface area contributed by atoms with Gasteiger partial charge >= 0.3 is 0 Å². The van der Waals surface area contributed by atoms with Crippen LogP contribution >= 0.6 is 22.9 Å². The molecular weight excluding hydrogens is 284 g/mol. The minimum absolute atomic E-state index is 0.398. The normalized spacial score (nSPS) is 12.0. The third-order valence-corrected chi connectivity index (χ3v) is 3.65. The first-order valence-electron chi connectivity index (χ1n) is 5.77. The van der Waals surface area contributed by atoms with Gasteiger partial charge in [-0.15, -0.1) is 11.3 Å². The van der Waals surface area contributed by atoms with E-state index in [9.17, 15) is 0 Å². The number of aliphatic imine (C=N–C) groups is 1. The summed E-state index contributed by atoms with van der Waals surface area (Å²) in [6, 6.07) is 5.67. The Morgan fingerprint density at radius 3 is 3.21 bits per heavy atom. The number of methoxy groups -OCH3 is 1. The second-order valence-corrected chi connectivity index (χ2v) is 5.39. The molecule has 7 heteroatoms. The van der Waals surface area contributed by atoms with E-state index in [1.54, 1.807) is 18.4 Å². The highest BCUT2D eigenvalue weighted by Crippen LogP contribution is 2.25. The van der Waals surface area contributed by atoms with Gasteiger partial charge in [0.05, 0.1) is 23.4 Å². The molecule has 0 amide bonds. The predicted octanol–water partition coefficient (Wildman–Crippen LogP) is 2.00. The highest BCUT2D eigenvalue weighted by molar-refractivity contribution is 7.18. The predicted molar refractivity (Wildman–Crippen MR) is 79.8 cm³/mol. The molecule has 0 atom stereocenters. The van der Waals surface area contributed by atoms with Gasteiger partial charge in [0.25, 0.3) is 0 Å². The maximum absolute atomic E-state index is 5.92. The molecule has 0 aliphatic heterocycles. The van der Waals surface area contributed by atoms with Crippen molar-refractivity contribution in [2.45, 2.75) is 6.54 Å². The van der Waals surface area contributed by atoms with Crippen molar-refractivity contribution in [3.8, 4) is 0 Å². The van der Waals surface area contributed by atoms with Gasteiger partial charge in [-0.3, -0.25) is 0 Å². The van der Waals surface area contributed by atoms with Crippen molar-refractivity contribution < 1.29 is 4.74 Å². The van der Waals surface area contributed by atoms with E-state index in [-0.39, 0.29) is 0 Å². The van der Waals surface area contributed by atoms with Crippen LogP contribution in [0.25, 0.3) is 10.2 Å². The molecule has 1 aromatic carbocycles. The molecule has 0 aliphatic rings. The SMILES string of the molecule is COCCNC(N)=NCc1nc2cc(Cl)ccc2s1. The average Bonchev–Trinajstić information content (AvgIpc) is 2.78. The van der Waals surface area contributed by atoms with Crippen LogP contribution in [0.3, 0.4) is 0 Å². The first-order valence-corrected chi connectivity index (χ1v) is 6.96. The third kappa shape index (κ3) is 4.05. The van der Waals surface area contributed by atoms with Crippen LogP contribution in [-0.4, -0.2) is 31.2 Å². The van der Waals surface area contributed by atoms with Crippen LogP contribution in [0.15, 0.2) is 23.2 Å². The van der Waals surface area contributed by atoms with Gasteiger partial charge < -0.3 is 15.8 Å². The van der Waals surface area contributed by atoms with Crippen LogP contribution in [0.5, 0.6) is 0 Å². The first kappa shape index (κ1) is 14.0. The maximum Gasteiger partial charge on any atom is 0.189 e. The smallest absolute Gasteiger partial charge is 0.189 e. The lowest BCUT2D eigenvalue weighted by Crippen LogP contribution is -2.34. The lowest BCUT2D eigenvalue weighted by molar-refractivity contribution is 0.204. The monoisotopic (exact) mass is 298 g/mol. The first-order chi connectivity index (χ1) is 9.19. The summed E-state index contributed by atoms with van der Waals surface area (Å²) < 4.78 is 6.01. The molecule has 2 aromatic rings. The number of guanidine groups is 1. The summed E-state index contributed by atoms with van der Waals surface area (Å²) in [5.41, 5.74) is 6.62. The molecule has 0 radical (unpaired) electrons. The van der Waals surface area contributed by atoms with Crippen LogP contribution in [-0.2, 0) is 11.3 Å².